The molecule has 102 valence electrons. The SMILES string of the molecule is Cn1c(COc2ccccc2Cl)cc2cccc(O)c21. The number of aryl methyl sites for hydroxylation is 1. The van der Waals surface area contributed by atoms with Crippen molar-refractivity contribution in [2.75, 3.05) is 0 Å². The Labute approximate surface area is 122 Å². The molecule has 0 spiro atoms. The lowest BCUT2D eigenvalue weighted by Gasteiger charge is -2.09. The Morgan fingerprint density at radius 2 is 1.95 bits per heavy atom. The van der Waals surface area contributed by atoms with Crippen LogP contribution in [0.4, 0.5) is 0 Å². The third-order valence-corrected chi connectivity index (χ3v) is 3.66. The zero-order chi connectivity index (χ0) is 14.1. The van der Waals surface area contributed by atoms with Crippen LogP contribution < -0.4 is 4.74 Å². The van der Waals surface area contributed by atoms with Gasteiger partial charge in [-0.1, -0.05) is 35.9 Å². The van der Waals surface area contributed by atoms with Crippen molar-refractivity contribution < 1.29 is 9.84 Å². The van der Waals surface area contributed by atoms with Crippen LogP contribution in [0.5, 0.6) is 11.5 Å². The van der Waals surface area contributed by atoms with Gasteiger partial charge in [-0.3, -0.25) is 0 Å². The van der Waals surface area contributed by atoms with Gasteiger partial charge in [0.25, 0.3) is 0 Å². The summed E-state index contributed by atoms with van der Waals surface area (Å²) in [5, 5.41) is 11.5. The van der Waals surface area contributed by atoms with Crippen LogP contribution in [0.1, 0.15) is 5.69 Å². The van der Waals surface area contributed by atoms with E-state index in [1.165, 1.54) is 0 Å². The first-order valence-corrected chi connectivity index (χ1v) is 6.68. The molecule has 1 heterocycles. The van der Waals surface area contributed by atoms with E-state index in [0.717, 1.165) is 16.6 Å². The Bertz CT molecular complexity index is 764. The van der Waals surface area contributed by atoms with Crippen molar-refractivity contribution >= 4 is 22.5 Å². The average Bonchev–Trinajstić information content (AvgIpc) is 2.76. The minimum absolute atomic E-state index is 0.272. The number of phenols is 1. The summed E-state index contributed by atoms with van der Waals surface area (Å²) in [7, 11) is 1.91. The van der Waals surface area contributed by atoms with E-state index in [1.807, 2.05) is 48.0 Å². The van der Waals surface area contributed by atoms with Crippen LogP contribution in [-0.4, -0.2) is 9.67 Å². The van der Waals surface area contributed by atoms with Crippen LogP contribution in [0.25, 0.3) is 10.9 Å². The lowest BCUT2D eigenvalue weighted by atomic mass is 10.2. The summed E-state index contributed by atoms with van der Waals surface area (Å²) in [4.78, 5) is 0. The molecule has 20 heavy (non-hydrogen) atoms. The molecular formula is C16H14ClNO2. The zero-order valence-corrected chi connectivity index (χ0v) is 11.8. The van der Waals surface area contributed by atoms with Gasteiger partial charge in [0.1, 0.15) is 18.1 Å². The van der Waals surface area contributed by atoms with Gasteiger partial charge in [-0.15, -0.1) is 0 Å². The molecule has 0 unspecified atom stereocenters. The molecule has 2 aromatic carbocycles. The van der Waals surface area contributed by atoms with E-state index in [1.54, 1.807) is 12.1 Å². The fourth-order valence-electron chi connectivity index (χ4n) is 2.30. The number of hydrogen-bond donors (Lipinski definition) is 1. The average molecular weight is 288 g/mol. The quantitative estimate of drug-likeness (QED) is 0.786. The summed E-state index contributed by atoms with van der Waals surface area (Å²) in [6.07, 6.45) is 0. The highest BCUT2D eigenvalue weighted by Crippen LogP contribution is 2.29. The van der Waals surface area contributed by atoms with Gasteiger partial charge in [0.15, 0.2) is 0 Å². The van der Waals surface area contributed by atoms with Gasteiger partial charge in [0.05, 0.1) is 16.2 Å². The smallest absolute Gasteiger partial charge is 0.139 e. The van der Waals surface area contributed by atoms with Gasteiger partial charge in [-0.05, 0) is 24.3 Å². The summed E-state index contributed by atoms with van der Waals surface area (Å²) in [5.41, 5.74) is 1.78. The molecule has 0 amide bonds. The van der Waals surface area contributed by atoms with Crippen molar-refractivity contribution in [3.05, 3.63) is 59.2 Å². The summed E-state index contributed by atoms with van der Waals surface area (Å²) in [5.74, 6) is 0.928. The number of ether oxygens (including phenoxy) is 1. The van der Waals surface area contributed by atoms with Gasteiger partial charge < -0.3 is 14.4 Å². The number of hydrogen-bond acceptors (Lipinski definition) is 2. The van der Waals surface area contributed by atoms with Gasteiger partial charge in [0.2, 0.25) is 0 Å². The maximum absolute atomic E-state index is 9.91. The van der Waals surface area contributed by atoms with Crippen LogP contribution in [0.15, 0.2) is 48.5 Å². The number of nitrogens with zero attached hydrogens (tertiary/aromatic N) is 1. The molecule has 1 aromatic heterocycles. The van der Waals surface area contributed by atoms with Gasteiger partial charge >= 0.3 is 0 Å². The minimum atomic E-state index is 0.272. The first-order chi connectivity index (χ1) is 9.66. The summed E-state index contributed by atoms with van der Waals surface area (Å²) in [6.45, 7) is 0.397. The Morgan fingerprint density at radius 1 is 1.15 bits per heavy atom. The third kappa shape index (κ3) is 2.21. The maximum atomic E-state index is 9.91. The van der Waals surface area contributed by atoms with Crippen LogP contribution in [-0.2, 0) is 13.7 Å². The Hall–Kier alpha value is -2.13. The highest BCUT2D eigenvalue weighted by atomic mass is 35.5. The molecule has 3 aromatic rings. The second-order valence-electron chi connectivity index (χ2n) is 4.63. The first kappa shape index (κ1) is 12.9. The topological polar surface area (TPSA) is 34.4 Å². The number of aromatic hydroxyl groups is 1. The largest absolute Gasteiger partial charge is 0.506 e. The second kappa shape index (κ2) is 5.10. The fraction of sp³-hybridized carbons (Fsp3) is 0.125. The van der Waals surface area contributed by atoms with Crippen LogP contribution >= 0.6 is 11.6 Å². The fourth-order valence-corrected chi connectivity index (χ4v) is 2.49. The number of halogens is 1. The molecule has 4 heteroatoms. The van der Waals surface area contributed by atoms with Gasteiger partial charge in [-0.2, -0.15) is 0 Å². The van der Waals surface area contributed by atoms with Gasteiger partial charge in [0, 0.05) is 12.4 Å². The maximum Gasteiger partial charge on any atom is 0.139 e. The molecule has 0 aliphatic rings. The number of para-hydroxylation sites is 2. The zero-order valence-electron chi connectivity index (χ0n) is 11.0. The Balaban J connectivity index is 1.90. The molecule has 1 N–H and O–H groups in total. The van der Waals surface area contributed by atoms with E-state index in [9.17, 15) is 5.11 Å². The molecule has 3 rings (SSSR count). The van der Waals surface area contributed by atoms with Crippen molar-refractivity contribution in [2.45, 2.75) is 6.61 Å². The molecule has 0 aliphatic carbocycles. The molecule has 0 fully saturated rings. The van der Waals surface area contributed by atoms with Crippen LogP contribution in [0.3, 0.4) is 0 Å². The molecule has 3 nitrogen and oxygen atoms in total. The molecule has 0 saturated carbocycles. The Morgan fingerprint density at radius 3 is 2.70 bits per heavy atom. The summed E-state index contributed by atoms with van der Waals surface area (Å²) in [6, 6.07) is 14.9. The number of benzene rings is 2. The third-order valence-electron chi connectivity index (χ3n) is 3.35. The van der Waals surface area contributed by atoms with Gasteiger partial charge in [-0.25, -0.2) is 0 Å². The standard InChI is InChI=1S/C16H14ClNO2/c1-18-12(9-11-5-4-7-14(19)16(11)18)10-20-15-8-3-2-6-13(15)17/h2-9,19H,10H2,1H3. The molecule has 0 aliphatic heterocycles. The monoisotopic (exact) mass is 287 g/mol. The lowest BCUT2D eigenvalue weighted by molar-refractivity contribution is 0.298. The van der Waals surface area contributed by atoms with Crippen molar-refractivity contribution in [1.29, 1.82) is 0 Å². The lowest BCUT2D eigenvalue weighted by Crippen LogP contribution is -2.02. The highest BCUT2D eigenvalue weighted by Gasteiger charge is 2.10. The minimum Gasteiger partial charge on any atom is -0.506 e. The van der Waals surface area contributed by atoms with E-state index < -0.39 is 0 Å². The van der Waals surface area contributed by atoms with Crippen molar-refractivity contribution in [3.63, 3.8) is 0 Å². The molecule has 0 bridgehead atoms. The highest BCUT2D eigenvalue weighted by molar-refractivity contribution is 6.32. The predicted octanol–water partition coefficient (Wildman–Crippen LogP) is 4.12. The van der Waals surface area contributed by atoms with Crippen LogP contribution in [0, 0.1) is 0 Å². The molecule has 0 saturated heterocycles. The second-order valence-corrected chi connectivity index (χ2v) is 5.04. The predicted molar refractivity (Wildman–Crippen MR) is 80.4 cm³/mol. The van der Waals surface area contributed by atoms with Crippen LogP contribution in [0.2, 0.25) is 5.02 Å². The van der Waals surface area contributed by atoms with E-state index >= 15 is 0 Å². The first-order valence-electron chi connectivity index (χ1n) is 6.30. The molecule has 0 atom stereocenters. The Kier molecular flexibility index (Phi) is 3.28. The summed E-state index contributed by atoms with van der Waals surface area (Å²) >= 11 is 6.06. The normalized spacial score (nSPS) is 10.9. The number of phenolic OH excluding ortho intramolecular Hbond substituents is 1. The van der Waals surface area contributed by atoms with Crippen molar-refractivity contribution in [1.82, 2.24) is 4.57 Å². The van der Waals surface area contributed by atoms with E-state index in [-0.39, 0.29) is 5.75 Å². The van der Waals surface area contributed by atoms with E-state index in [0.29, 0.717) is 17.4 Å². The van der Waals surface area contributed by atoms with E-state index in [4.69, 9.17) is 16.3 Å². The molecule has 0 radical (unpaired) electrons. The van der Waals surface area contributed by atoms with Crippen molar-refractivity contribution in [2.24, 2.45) is 7.05 Å². The van der Waals surface area contributed by atoms with E-state index in [2.05, 4.69) is 0 Å². The number of aromatic nitrogens is 1. The molecular weight excluding hydrogens is 274 g/mol. The summed E-state index contributed by atoms with van der Waals surface area (Å²) < 4.78 is 7.67. The number of fused-ring (bicyclic) bond motifs is 1. The number of rotatable bonds is 3. The van der Waals surface area contributed by atoms with Crippen molar-refractivity contribution in [3.8, 4) is 11.5 Å².